The van der Waals surface area contributed by atoms with Gasteiger partial charge in [-0.3, -0.25) is 0 Å². The summed E-state index contributed by atoms with van der Waals surface area (Å²) in [6.07, 6.45) is 1.79. The molecule has 0 N–H and O–H groups in total. The Balaban J connectivity index is 1.61. The molecule has 4 aromatic rings. The first-order chi connectivity index (χ1) is 13.6. The van der Waals surface area contributed by atoms with E-state index >= 15 is 0 Å². The van der Waals surface area contributed by atoms with Crippen LogP contribution in [0.15, 0.2) is 59.3 Å². The summed E-state index contributed by atoms with van der Waals surface area (Å²) >= 11 is 8.94. The summed E-state index contributed by atoms with van der Waals surface area (Å²) in [4.78, 5) is 9.26. The summed E-state index contributed by atoms with van der Waals surface area (Å²) in [5, 5.41) is 15.8. The fraction of sp³-hybridized carbons (Fsp3) is 0.0455. The molecule has 6 heteroatoms. The van der Waals surface area contributed by atoms with E-state index in [1.54, 1.807) is 6.08 Å². The summed E-state index contributed by atoms with van der Waals surface area (Å²) in [5.41, 5.74) is 5.39. The van der Waals surface area contributed by atoms with Crippen molar-refractivity contribution < 1.29 is 0 Å². The molecule has 3 nitrogen and oxygen atoms in total. The Morgan fingerprint density at radius 3 is 2.39 bits per heavy atom. The lowest BCUT2D eigenvalue weighted by Gasteiger charge is -1.97. The van der Waals surface area contributed by atoms with Crippen molar-refractivity contribution in [2.45, 2.75) is 6.92 Å². The number of thiazole rings is 2. The molecule has 0 saturated carbocycles. The maximum absolute atomic E-state index is 9.62. The van der Waals surface area contributed by atoms with E-state index in [4.69, 9.17) is 11.6 Å². The molecule has 0 aliphatic rings. The molecule has 0 atom stereocenters. The van der Waals surface area contributed by atoms with Crippen LogP contribution < -0.4 is 0 Å². The molecule has 0 aliphatic heterocycles. The predicted molar refractivity (Wildman–Crippen MR) is 118 cm³/mol. The highest BCUT2D eigenvalue weighted by Gasteiger charge is 2.11. The molecule has 4 rings (SSSR count). The average molecular weight is 420 g/mol. The molecule has 2 heterocycles. The number of rotatable bonds is 4. The second kappa shape index (κ2) is 8.07. The second-order valence-electron chi connectivity index (χ2n) is 6.16. The molecule has 0 unspecified atom stereocenters. The zero-order valence-electron chi connectivity index (χ0n) is 14.9. The third-order valence-corrected chi connectivity index (χ3v) is 6.14. The zero-order valence-corrected chi connectivity index (χ0v) is 17.3. The van der Waals surface area contributed by atoms with Crippen LogP contribution >= 0.6 is 34.3 Å². The molecule has 0 fully saturated rings. The summed E-state index contributed by atoms with van der Waals surface area (Å²) in [7, 11) is 0. The van der Waals surface area contributed by atoms with E-state index in [2.05, 4.69) is 35.1 Å². The number of nitriles is 1. The lowest BCUT2D eigenvalue weighted by Crippen LogP contribution is -1.84. The van der Waals surface area contributed by atoms with Gasteiger partial charge in [-0.25, -0.2) is 9.97 Å². The monoisotopic (exact) mass is 419 g/mol. The van der Waals surface area contributed by atoms with Gasteiger partial charge in [0.2, 0.25) is 0 Å². The number of nitrogens with zero attached hydrogens (tertiary/aromatic N) is 3. The molecule has 0 saturated heterocycles. The van der Waals surface area contributed by atoms with E-state index in [-0.39, 0.29) is 0 Å². The molecular weight excluding hydrogens is 406 g/mol. The van der Waals surface area contributed by atoms with Gasteiger partial charge in [0.15, 0.2) is 0 Å². The van der Waals surface area contributed by atoms with Crippen molar-refractivity contribution in [2.24, 2.45) is 0 Å². The van der Waals surface area contributed by atoms with Gasteiger partial charge in [0.1, 0.15) is 16.1 Å². The van der Waals surface area contributed by atoms with Gasteiger partial charge in [0, 0.05) is 26.9 Å². The number of aromatic nitrogens is 2. The molecule has 2 aromatic carbocycles. The first-order valence-corrected chi connectivity index (χ1v) is 10.6. The van der Waals surface area contributed by atoms with Crippen molar-refractivity contribution in [1.82, 2.24) is 9.97 Å². The number of hydrogen-bond acceptors (Lipinski definition) is 5. The number of hydrogen-bond donors (Lipinski definition) is 0. The number of allylic oxidation sites excluding steroid dienone is 1. The average Bonchev–Trinajstić information content (AvgIpc) is 3.37. The lowest BCUT2D eigenvalue weighted by atomic mass is 10.1. The smallest absolute Gasteiger partial charge is 0.134 e. The van der Waals surface area contributed by atoms with Crippen molar-refractivity contribution in [3.63, 3.8) is 0 Å². The van der Waals surface area contributed by atoms with Crippen molar-refractivity contribution in [1.29, 1.82) is 5.26 Å². The van der Waals surface area contributed by atoms with Crippen molar-refractivity contribution >= 4 is 45.9 Å². The Morgan fingerprint density at radius 2 is 1.68 bits per heavy atom. The van der Waals surface area contributed by atoms with Crippen LogP contribution in [0.3, 0.4) is 0 Å². The fourth-order valence-corrected chi connectivity index (χ4v) is 4.33. The number of benzene rings is 2. The van der Waals surface area contributed by atoms with Crippen molar-refractivity contribution in [3.8, 4) is 27.9 Å². The van der Waals surface area contributed by atoms with E-state index in [9.17, 15) is 5.26 Å². The van der Waals surface area contributed by atoms with Crippen molar-refractivity contribution in [2.75, 3.05) is 0 Å². The first kappa shape index (κ1) is 18.6. The van der Waals surface area contributed by atoms with Gasteiger partial charge in [0.05, 0.1) is 17.0 Å². The van der Waals surface area contributed by atoms with E-state index in [1.165, 1.54) is 28.2 Å². The Morgan fingerprint density at radius 1 is 0.964 bits per heavy atom. The normalized spacial score (nSPS) is 11.4. The minimum Gasteiger partial charge on any atom is -0.237 e. The minimum atomic E-state index is 0.510. The molecule has 0 spiro atoms. The third-order valence-electron chi connectivity index (χ3n) is 4.11. The van der Waals surface area contributed by atoms with Gasteiger partial charge in [-0.05, 0) is 25.1 Å². The largest absolute Gasteiger partial charge is 0.237 e. The molecule has 0 radical (unpaired) electrons. The van der Waals surface area contributed by atoms with E-state index < -0.39 is 0 Å². The Bertz CT molecular complexity index is 1180. The van der Waals surface area contributed by atoms with Crippen LogP contribution in [0.25, 0.3) is 33.5 Å². The van der Waals surface area contributed by atoms with Crippen molar-refractivity contribution in [3.05, 3.63) is 80.6 Å². The molecule has 0 aliphatic carbocycles. The van der Waals surface area contributed by atoms with Crippen LogP contribution in [0.5, 0.6) is 0 Å². The number of halogens is 1. The van der Waals surface area contributed by atoms with E-state index in [0.29, 0.717) is 15.6 Å². The highest BCUT2D eigenvalue weighted by Crippen LogP contribution is 2.29. The lowest BCUT2D eigenvalue weighted by molar-refractivity contribution is 1.35. The van der Waals surface area contributed by atoms with Gasteiger partial charge < -0.3 is 0 Å². The Kier molecular flexibility index (Phi) is 5.36. The second-order valence-corrected chi connectivity index (χ2v) is 8.31. The summed E-state index contributed by atoms with van der Waals surface area (Å²) in [6, 6.07) is 18.0. The Hall–Kier alpha value is -2.78. The highest BCUT2D eigenvalue weighted by atomic mass is 35.5. The fourth-order valence-electron chi connectivity index (χ4n) is 2.62. The third kappa shape index (κ3) is 4.05. The van der Waals surface area contributed by atoms with Gasteiger partial charge in [-0.15, -0.1) is 22.7 Å². The highest BCUT2D eigenvalue weighted by molar-refractivity contribution is 7.13. The van der Waals surface area contributed by atoms with E-state index in [1.807, 2.05) is 47.2 Å². The van der Waals surface area contributed by atoms with Gasteiger partial charge in [-0.1, -0.05) is 53.6 Å². The minimum absolute atomic E-state index is 0.510. The predicted octanol–water partition coefficient (Wildman–Crippen LogP) is 6.96. The molecule has 0 bridgehead atoms. The van der Waals surface area contributed by atoms with Crippen LogP contribution in [0, 0.1) is 18.3 Å². The summed E-state index contributed by atoms with van der Waals surface area (Å²) in [5.74, 6) is 0. The molecular formula is C22H14ClN3S2. The SMILES string of the molecule is Cc1ccc(-c2csc(/C(C#N)=C/c3csc(-c4ccc(Cl)cc4)n3)n2)cc1. The standard InChI is InChI=1S/C22H14ClN3S2/c1-14-2-4-15(5-3-14)20-13-28-22(26-20)17(11-24)10-19-12-27-21(25-19)16-6-8-18(23)9-7-16/h2-10,12-13H,1H3/b17-10+. The van der Waals surface area contributed by atoms with Gasteiger partial charge >= 0.3 is 0 Å². The molecule has 2 aromatic heterocycles. The van der Waals surface area contributed by atoms with Crippen LogP contribution in [0.4, 0.5) is 0 Å². The zero-order chi connectivity index (χ0) is 19.5. The Labute approximate surface area is 176 Å². The number of aryl methyl sites for hydroxylation is 1. The quantitative estimate of drug-likeness (QED) is 0.336. The van der Waals surface area contributed by atoms with Crippen LogP contribution in [0.1, 0.15) is 16.3 Å². The summed E-state index contributed by atoms with van der Waals surface area (Å²) < 4.78 is 0. The maximum Gasteiger partial charge on any atom is 0.134 e. The molecule has 136 valence electrons. The van der Waals surface area contributed by atoms with E-state index in [0.717, 1.165) is 27.5 Å². The van der Waals surface area contributed by atoms with Crippen LogP contribution in [-0.2, 0) is 0 Å². The molecule has 0 amide bonds. The summed E-state index contributed by atoms with van der Waals surface area (Å²) in [6.45, 7) is 2.05. The topological polar surface area (TPSA) is 49.6 Å². The first-order valence-electron chi connectivity index (χ1n) is 8.48. The van der Waals surface area contributed by atoms with Gasteiger partial charge in [-0.2, -0.15) is 5.26 Å². The van der Waals surface area contributed by atoms with Crippen LogP contribution in [0.2, 0.25) is 5.02 Å². The maximum atomic E-state index is 9.62. The molecule has 28 heavy (non-hydrogen) atoms. The van der Waals surface area contributed by atoms with Crippen LogP contribution in [-0.4, -0.2) is 9.97 Å². The van der Waals surface area contributed by atoms with Gasteiger partial charge in [0.25, 0.3) is 0 Å².